The average Bonchev–Trinajstić information content (AvgIpc) is 2.94. The number of carbonyl (C=O) groups is 2. The lowest BCUT2D eigenvalue weighted by Crippen LogP contribution is -2.19. The van der Waals surface area contributed by atoms with Crippen LogP contribution in [0.5, 0.6) is 5.75 Å². The summed E-state index contributed by atoms with van der Waals surface area (Å²) < 4.78 is 2.96. The average molecular weight is 347 g/mol. The van der Waals surface area contributed by atoms with Gasteiger partial charge >= 0.3 is 0 Å². The van der Waals surface area contributed by atoms with Crippen LogP contribution in [0.3, 0.4) is 0 Å². The van der Waals surface area contributed by atoms with E-state index in [9.17, 15) is 9.59 Å². The number of halogens is 3. The molecule has 0 atom stereocenters. The van der Waals surface area contributed by atoms with Crippen molar-refractivity contribution in [3.05, 3.63) is 53.3 Å². The van der Waals surface area contributed by atoms with Gasteiger partial charge in [0.15, 0.2) is 0 Å². The highest BCUT2D eigenvalue weighted by molar-refractivity contribution is 6.77. The number of aromatic nitrogens is 1. The molecular formula is C14H10Cl3NO3. The molecule has 0 amide bonds. The summed E-state index contributed by atoms with van der Waals surface area (Å²) in [5, 5.41) is 0. The molecule has 4 nitrogen and oxygen atoms in total. The van der Waals surface area contributed by atoms with E-state index in [4.69, 9.17) is 39.5 Å². The maximum absolute atomic E-state index is 12.2. The molecule has 0 saturated heterocycles. The van der Waals surface area contributed by atoms with E-state index in [0.29, 0.717) is 11.3 Å². The zero-order valence-corrected chi connectivity index (χ0v) is 13.1. The number of aromatic amines is 1. The summed E-state index contributed by atoms with van der Waals surface area (Å²) in [7, 11) is 1.54. The van der Waals surface area contributed by atoms with Gasteiger partial charge in [-0.15, -0.1) is 0 Å². The Kier molecular flexibility index (Phi) is 4.61. The molecule has 0 bridgehead atoms. The van der Waals surface area contributed by atoms with E-state index >= 15 is 0 Å². The second-order valence-electron chi connectivity index (χ2n) is 4.17. The summed E-state index contributed by atoms with van der Waals surface area (Å²) in [6, 6.07) is 9.46. The third-order valence-electron chi connectivity index (χ3n) is 2.78. The number of methoxy groups -OCH3 is 1. The second kappa shape index (κ2) is 6.10. The molecule has 0 spiro atoms. The van der Waals surface area contributed by atoms with Gasteiger partial charge in [0.2, 0.25) is 11.6 Å². The third kappa shape index (κ3) is 3.59. The standard InChI is InChI=1S/C14H10Cl3NO3/c1-21-9-4-2-8(3-5-9)12(19)10-6-7-11(18-10)13(20)14(15,16)17/h2-7,18H,1H3. The molecule has 0 aliphatic rings. The smallest absolute Gasteiger partial charge is 0.254 e. The van der Waals surface area contributed by atoms with Crippen LogP contribution in [-0.2, 0) is 0 Å². The number of rotatable bonds is 4. The minimum atomic E-state index is -2.06. The first kappa shape index (κ1) is 15.9. The Balaban J connectivity index is 2.24. The number of ether oxygens (including phenoxy) is 1. The monoisotopic (exact) mass is 345 g/mol. The molecule has 2 rings (SSSR count). The lowest BCUT2D eigenvalue weighted by Gasteiger charge is -2.07. The van der Waals surface area contributed by atoms with E-state index in [0.717, 1.165) is 0 Å². The van der Waals surface area contributed by atoms with E-state index < -0.39 is 9.58 Å². The summed E-state index contributed by atoms with van der Waals surface area (Å²) in [6.45, 7) is 0. The molecule has 0 fully saturated rings. The highest BCUT2D eigenvalue weighted by Crippen LogP contribution is 2.30. The molecule has 0 saturated carbocycles. The molecule has 1 aromatic heterocycles. The van der Waals surface area contributed by atoms with Gasteiger partial charge in [0.1, 0.15) is 5.75 Å². The van der Waals surface area contributed by atoms with Crippen LogP contribution < -0.4 is 4.74 Å². The number of benzene rings is 1. The van der Waals surface area contributed by atoms with Gasteiger partial charge in [0, 0.05) is 5.56 Å². The summed E-state index contributed by atoms with van der Waals surface area (Å²) in [5.41, 5.74) is 0.746. The number of nitrogens with one attached hydrogen (secondary N) is 1. The van der Waals surface area contributed by atoms with Crippen LogP contribution in [0.25, 0.3) is 0 Å². The third-order valence-corrected chi connectivity index (χ3v) is 3.30. The van der Waals surface area contributed by atoms with Gasteiger partial charge in [-0.1, -0.05) is 34.8 Å². The first-order valence-corrected chi connectivity index (χ1v) is 6.95. The fraction of sp³-hybridized carbons (Fsp3) is 0.143. The maximum Gasteiger partial charge on any atom is 0.254 e. The normalized spacial score (nSPS) is 11.2. The SMILES string of the molecule is COc1ccc(C(=O)c2ccc(C(=O)C(Cl)(Cl)Cl)[nH]2)cc1. The fourth-order valence-electron chi connectivity index (χ4n) is 1.71. The molecule has 0 unspecified atom stereocenters. The molecule has 1 heterocycles. The topological polar surface area (TPSA) is 59.2 Å². The van der Waals surface area contributed by atoms with Gasteiger partial charge < -0.3 is 9.72 Å². The Bertz CT molecular complexity index is 672. The summed E-state index contributed by atoms with van der Waals surface area (Å²) in [4.78, 5) is 26.7. The van der Waals surface area contributed by atoms with Crippen LogP contribution in [0.2, 0.25) is 0 Å². The van der Waals surface area contributed by atoms with Crippen LogP contribution in [0, 0.1) is 0 Å². The largest absolute Gasteiger partial charge is 0.497 e. The number of H-pyrrole nitrogens is 1. The first-order chi connectivity index (χ1) is 9.82. The molecule has 0 radical (unpaired) electrons. The molecule has 110 valence electrons. The van der Waals surface area contributed by atoms with Crippen molar-refractivity contribution < 1.29 is 14.3 Å². The van der Waals surface area contributed by atoms with Gasteiger partial charge in [0.05, 0.1) is 18.5 Å². The molecular weight excluding hydrogens is 337 g/mol. The Morgan fingerprint density at radius 2 is 1.57 bits per heavy atom. The predicted octanol–water partition coefficient (Wildman–Crippen LogP) is 3.81. The zero-order chi connectivity index (χ0) is 15.6. The van der Waals surface area contributed by atoms with Crippen molar-refractivity contribution in [3.8, 4) is 5.75 Å². The molecule has 1 aromatic carbocycles. The van der Waals surface area contributed by atoms with Crippen molar-refractivity contribution in [3.63, 3.8) is 0 Å². The van der Waals surface area contributed by atoms with Crippen molar-refractivity contribution in [2.24, 2.45) is 0 Å². The van der Waals surface area contributed by atoms with Gasteiger partial charge in [-0.25, -0.2) is 0 Å². The lowest BCUT2D eigenvalue weighted by molar-refractivity contribution is 0.0992. The van der Waals surface area contributed by atoms with Gasteiger partial charge in [-0.05, 0) is 36.4 Å². The Morgan fingerprint density at radius 1 is 1.00 bits per heavy atom. The van der Waals surface area contributed by atoms with Crippen LogP contribution in [0.1, 0.15) is 26.5 Å². The molecule has 0 aliphatic heterocycles. The van der Waals surface area contributed by atoms with Crippen LogP contribution in [0.15, 0.2) is 36.4 Å². The van der Waals surface area contributed by atoms with Crippen LogP contribution in [-0.4, -0.2) is 27.5 Å². The predicted molar refractivity (Wildman–Crippen MR) is 81.8 cm³/mol. The number of alkyl halides is 3. The number of hydrogen-bond acceptors (Lipinski definition) is 3. The fourth-order valence-corrected chi connectivity index (χ4v) is 2.02. The highest BCUT2D eigenvalue weighted by atomic mass is 35.6. The summed E-state index contributed by atoms with van der Waals surface area (Å²) >= 11 is 16.6. The van der Waals surface area contributed by atoms with Crippen molar-refractivity contribution >= 4 is 46.4 Å². The minimum Gasteiger partial charge on any atom is -0.497 e. The highest BCUT2D eigenvalue weighted by Gasteiger charge is 2.32. The zero-order valence-electron chi connectivity index (χ0n) is 10.8. The number of carbonyl (C=O) groups excluding carboxylic acids is 2. The van der Waals surface area contributed by atoms with Crippen molar-refractivity contribution in [2.75, 3.05) is 7.11 Å². The van der Waals surface area contributed by atoms with Gasteiger partial charge in [-0.2, -0.15) is 0 Å². The van der Waals surface area contributed by atoms with Crippen LogP contribution in [0.4, 0.5) is 0 Å². The number of ketones is 2. The van der Waals surface area contributed by atoms with E-state index in [2.05, 4.69) is 4.98 Å². The van der Waals surface area contributed by atoms with E-state index in [-0.39, 0.29) is 17.2 Å². The summed E-state index contributed by atoms with van der Waals surface area (Å²) in [6.07, 6.45) is 0. The van der Waals surface area contributed by atoms with E-state index in [1.165, 1.54) is 19.2 Å². The molecule has 1 N–H and O–H groups in total. The molecule has 0 aliphatic carbocycles. The number of Topliss-reactive ketones (excluding diaryl/α,β-unsaturated/α-hetero) is 1. The molecule has 21 heavy (non-hydrogen) atoms. The first-order valence-electron chi connectivity index (χ1n) is 5.82. The number of hydrogen-bond donors (Lipinski definition) is 1. The van der Waals surface area contributed by atoms with Crippen LogP contribution >= 0.6 is 34.8 Å². The maximum atomic E-state index is 12.2. The minimum absolute atomic E-state index is 0.0619. The van der Waals surface area contributed by atoms with Crippen molar-refractivity contribution in [1.29, 1.82) is 0 Å². The Morgan fingerprint density at radius 3 is 2.10 bits per heavy atom. The Labute approximate surface area is 136 Å². The molecule has 2 aromatic rings. The summed E-state index contributed by atoms with van der Waals surface area (Å²) in [5.74, 6) is -0.354. The quantitative estimate of drug-likeness (QED) is 0.676. The van der Waals surface area contributed by atoms with Gasteiger partial charge in [-0.3, -0.25) is 9.59 Å². The second-order valence-corrected chi connectivity index (χ2v) is 6.45. The van der Waals surface area contributed by atoms with Gasteiger partial charge in [0.25, 0.3) is 3.79 Å². The van der Waals surface area contributed by atoms with Crippen molar-refractivity contribution in [2.45, 2.75) is 3.79 Å². The van der Waals surface area contributed by atoms with E-state index in [1.807, 2.05) is 0 Å². The Hall–Kier alpha value is -1.49. The lowest BCUT2D eigenvalue weighted by atomic mass is 10.1. The van der Waals surface area contributed by atoms with E-state index in [1.54, 1.807) is 24.3 Å². The molecule has 7 heteroatoms. The van der Waals surface area contributed by atoms with Crippen molar-refractivity contribution in [1.82, 2.24) is 4.98 Å².